The van der Waals surface area contributed by atoms with Crippen LogP contribution in [0.15, 0.2) is 18.2 Å². The summed E-state index contributed by atoms with van der Waals surface area (Å²) in [6.07, 6.45) is -4.17. The van der Waals surface area contributed by atoms with Crippen molar-refractivity contribution in [1.29, 1.82) is 0 Å². The van der Waals surface area contributed by atoms with Crippen LogP contribution in [0.3, 0.4) is 0 Å². The van der Waals surface area contributed by atoms with E-state index in [9.17, 15) is 13.2 Å². The Bertz CT molecular complexity index is 388. The summed E-state index contributed by atoms with van der Waals surface area (Å²) in [7, 11) is 1.84. The van der Waals surface area contributed by atoms with E-state index in [2.05, 4.69) is 5.32 Å². The molecule has 18 heavy (non-hydrogen) atoms. The number of benzene rings is 1. The minimum absolute atomic E-state index is 0.338. The minimum Gasteiger partial charge on any atom is -0.363 e. The molecule has 0 unspecified atom stereocenters. The van der Waals surface area contributed by atoms with Crippen molar-refractivity contribution in [2.75, 3.05) is 25.0 Å². The van der Waals surface area contributed by atoms with E-state index in [1.165, 1.54) is 4.90 Å². The molecule has 5 heteroatoms. The third kappa shape index (κ3) is 4.22. The molecule has 2 nitrogen and oxygen atoms in total. The second-order valence-electron chi connectivity index (χ2n) is 4.27. The topological polar surface area (TPSA) is 15.3 Å². The predicted molar refractivity (Wildman–Crippen MR) is 67.9 cm³/mol. The largest absolute Gasteiger partial charge is 0.405 e. The highest BCUT2D eigenvalue weighted by Gasteiger charge is 2.30. The fraction of sp³-hybridized carbons (Fsp3) is 0.538. The number of nitrogens with zero attached hydrogens (tertiary/aromatic N) is 1. The Morgan fingerprint density at radius 2 is 1.94 bits per heavy atom. The summed E-state index contributed by atoms with van der Waals surface area (Å²) in [4.78, 5) is 1.33. The van der Waals surface area contributed by atoms with Crippen molar-refractivity contribution in [2.24, 2.45) is 0 Å². The van der Waals surface area contributed by atoms with Crippen LogP contribution in [-0.4, -0.2) is 26.3 Å². The van der Waals surface area contributed by atoms with Gasteiger partial charge in [-0.3, -0.25) is 0 Å². The fourth-order valence-electron chi connectivity index (χ4n) is 1.87. The van der Waals surface area contributed by atoms with Crippen molar-refractivity contribution in [1.82, 2.24) is 5.32 Å². The van der Waals surface area contributed by atoms with Crippen LogP contribution in [0.2, 0.25) is 0 Å². The van der Waals surface area contributed by atoms with Crippen molar-refractivity contribution in [3.05, 3.63) is 29.3 Å². The first-order valence-electron chi connectivity index (χ1n) is 5.93. The molecule has 0 amide bonds. The van der Waals surface area contributed by atoms with Gasteiger partial charge in [0.2, 0.25) is 0 Å². The van der Waals surface area contributed by atoms with Gasteiger partial charge in [-0.15, -0.1) is 0 Å². The molecule has 0 bridgehead atoms. The molecular formula is C13H19F3N2. The van der Waals surface area contributed by atoms with Crippen LogP contribution in [-0.2, 0) is 6.54 Å². The number of anilines is 1. The maximum absolute atomic E-state index is 12.4. The molecule has 0 heterocycles. The SMILES string of the molecule is CCN(CC(F)(F)F)c1ccc(CNC)c(C)c1. The van der Waals surface area contributed by atoms with Crippen LogP contribution in [0, 0.1) is 6.92 Å². The van der Waals surface area contributed by atoms with Gasteiger partial charge in [0.15, 0.2) is 0 Å². The maximum atomic E-state index is 12.4. The van der Waals surface area contributed by atoms with Crippen molar-refractivity contribution in [3.63, 3.8) is 0 Å². The molecule has 0 aliphatic heterocycles. The second-order valence-corrected chi connectivity index (χ2v) is 4.27. The van der Waals surface area contributed by atoms with Crippen LogP contribution < -0.4 is 10.2 Å². The van der Waals surface area contributed by atoms with Crippen LogP contribution in [0.4, 0.5) is 18.9 Å². The Labute approximate surface area is 106 Å². The third-order valence-corrected chi connectivity index (χ3v) is 2.81. The molecule has 0 saturated carbocycles. The standard InChI is InChI=1S/C13H19F3N2/c1-4-18(9-13(14,15)16)12-6-5-11(8-17-3)10(2)7-12/h5-7,17H,4,8-9H2,1-3H3. The Hall–Kier alpha value is -1.23. The number of hydrogen-bond donors (Lipinski definition) is 1. The minimum atomic E-state index is -4.17. The van der Waals surface area contributed by atoms with Gasteiger partial charge in [-0.05, 0) is 44.2 Å². The number of alkyl halides is 3. The lowest BCUT2D eigenvalue weighted by Gasteiger charge is -2.25. The monoisotopic (exact) mass is 260 g/mol. The Morgan fingerprint density at radius 1 is 1.28 bits per heavy atom. The maximum Gasteiger partial charge on any atom is 0.405 e. The lowest BCUT2D eigenvalue weighted by Crippen LogP contribution is -2.34. The van der Waals surface area contributed by atoms with E-state index < -0.39 is 12.7 Å². The molecule has 1 aromatic carbocycles. The number of aryl methyl sites for hydroxylation is 1. The van der Waals surface area contributed by atoms with Gasteiger partial charge in [0, 0.05) is 18.8 Å². The predicted octanol–water partition coefficient (Wildman–Crippen LogP) is 3.10. The van der Waals surface area contributed by atoms with Gasteiger partial charge >= 0.3 is 6.18 Å². The van der Waals surface area contributed by atoms with Crippen LogP contribution in [0.1, 0.15) is 18.1 Å². The molecule has 0 radical (unpaired) electrons. The molecule has 0 aromatic heterocycles. The first-order valence-corrected chi connectivity index (χ1v) is 5.93. The summed E-state index contributed by atoms with van der Waals surface area (Å²) in [5.41, 5.74) is 2.72. The molecule has 1 aromatic rings. The quantitative estimate of drug-likeness (QED) is 0.875. The average molecular weight is 260 g/mol. The lowest BCUT2D eigenvalue weighted by molar-refractivity contribution is -0.119. The van der Waals surface area contributed by atoms with Gasteiger partial charge in [-0.1, -0.05) is 6.07 Å². The summed E-state index contributed by atoms with van der Waals surface area (Å²) in [6.45, 7) is 3.79. The molecule has 0 spiro atoms. The van der Waals surface area contributed by atoms with Crippen LogP contribution in [0.5, 0.6) is 0 Å². The van der Waals surface area contributed by atoms with E-state index in [0.29, 0.717) is 12.2 Å². The van der Waals surface area contributed by atoms with Gasteiger partial charge in [0.25, 0.3) is 0 Å². The van der Waals surface area contributed by atoms with Crippen molar-refractivity contribution >= 4 is 5.69 Å². The molecule has 1 rings (SSSR count). The highest BCUT2D eigenvalue weighted by molar-refractivity contribution is 5.51. The van der Waals surface area contributed by atoms with Gasteiger partial charge in [-0.25, -0.2) is 0 Å². The van der Waals surface area contributed by atoms with Gasteiger partial charge < -0.3 is 10.2 Å². The summed E-state index contributed by atoms with van der Waals surface area (Å²) < 4.78 is 37.3. The molecule has 102 valence electrons. The van der Waals surface area contributed by atoms with Gasteiger partial charge in [-0.2, -0.15) is 13.2 Å². The Kier molecular flexibility index (Phi) is 5.02. The Morgan fingerprint density at radius 3 is 2.39 bits per heavy atom. The fourth-order valence-corrected chi connectivity index (χ4v) is 1.87. The summed E-state index contributed by atoms with van der Waals surface area (Å²) in [6, 6.07) is 5.43. The summed E-state index contributed by atoms with van der Waals surface area (Å²) in [5, 5.41) is 3.03. The lowest BCUT2D eigenvalue weighted by atomic mass is 10.1. The molecule has 0 aliphatic rings. The number of nitrogens with one attached hydrogen (secondary N) is 1. The van der Waals surface area contributed by atoms with Crippen LogP contribution in [0.25, 0.3) is 0 Å². The van der Waals surface area contributed by atoms with Gasteiger partial charge in [0.1, 0.15) is 6.54 Å². The van der Waals surface area contributed by atoms with E-state index in [-0.39, 0.29) is 0 Å². The zero-order chi connectivity index (χ0) is 13.8. The third-order valence-electron chi connectivity index (χ3n) is 2.81. The normalized spacial score (nSPS) is 11.7. The van der Waals surface area contributed by atoms with Crippen molar-refractivity contribution in [2.45, 2.75) is 26.6 Å². The molecule has 0 aliphatic carbocycles. The number of rotatable bonds is 5. The first-order chi connectivity index (χ1) is 8.37. The Balaban J connectivity index is 2.90. The average Bonchev–Trinajstić information content (AvgIpc) is 2.28. The molecule has 0 atom stereocenters. The van der Waals surface area contributed by atoms with E-state index in [4.69, 9.17) is 0 Å². The van der Waals surface area contributed by atoms with E-state index >= 15 is 0 Å². The van der Waals surface area contributed by atoms with Crippen molar-refractivity contribution in [3.8, 4) is 0 Å². The number of halogens is 3. The van der Waals surface area contributed by atoms with Crippen LogP contribution >= 0.6 is 0 Å². The highest BCUT2D eigenvalue weighted by atomic mass is 19.4. The van der Waals surface area contributed by atoms with E-state index in [1.807, 2.05) is 26.1 Å². The van der Waals surface area contributed by atoms with Gasteiger partial charge in [0.05, 0.1) is 0 Å². The number of hydrogen-bond acceptors (Lipinski definition) is 2. The van der Waals surface area contributed by atoms with E-state index in [1.54, 1.807) is 13.0 Å². The smallest absolute Gasteiger partial charge is 0.363 e. The van der Waals surface area contributed by atoms with E-state index in [0.717, 1.165) is 17.7 Å². The zero-order valence-corrected chi connectivity index (χ0v) is 10.9. The zero-order valence-electron chi connectivity index (χ0n) is 10.9. The molecule has 0 fully saturated rings. The molecule has 1 N–H and O–H groups in total. The first kappa shape index (κ1) is 14.8. The molecular weight excluding hydrogens is 241 g/mol. The summed E-state index contributed by atoms with van der Waals surface area (Å²) >= 11 is 0. The van der Waals surface area contributed by atoms with Crippen molar-refractivity contribution < 1.29 is 13.2 Å². The second kappa shape index (κ2) is 6.09. The summed E-state index contributed by atoms with van der Waals surface area (Å²) in [5.74, 6) is 0. The molecule has 0 saturated heterocycles. The highest BCUT2D eigenvalue weighted by Crippen LogP contribution is 2.24.